The lowest BCUT2D eigenvalue weighted by Crippen LogP contribution is -2.32. The van der Waals surface area contributed by atoms with Gasteiger partial charge in [0.15, 0.2) is 5.82 Å². The van der Waals surface area contributed by atoms with E-state index in [9.17, 15) is 4.79 Å². The lowest BCUT2D eigenvalue weighted by atomic mass is 10.1. The SMILES string of the molecule is COc1ccc(C(=O)N2CCC[C@@H]2c2nnc3n2CCCCC3)cn1. The van der Waals surface area contributed by atoms with Gasteiger partial charge in [-0.1, -0.05) is 6.42 Å². The Hall–Kier alpha value is -2.44. The van der Waals surface area contributed by atoms with Crippen LogP contribution in [0.25, 0.3) is 0 Å². The fraction of sp³-hybridized carbons (Fsp3) is 0.556. The fourth-order valence-electron chi connectivity index (χ4n) is 3.83. The van der Waals surface area contributed by atoms with Crippen LogP contribution in [-0.2, 0) is 13.0 Å². The number of fused-ring (bicyclic) bond motifs is 1. The number of aromatic nitrogens is 4. The molecule has 0 bridgehead atoms. The lowest BCUT2D eigenvalue weighted by molar-refractivity contribution is 0.0726. The summed E-state index contributed by atoms with van der Waals surface area (Å²) in [6, 6.07) is 3.50. The van der Waals surface area contributed by atoms with E-state index in [-0.39, 0.29) is 11.9 Å². The van der Waals surface area contributed by atoms with Gasteiger partial charge in [0.05, 0.1) is 18.7 Å². The molecule has 0 spiro atoms. The lowest BCUT2D eigenvalue weighted by Gasteiger charge is -2.24. The van der Waals surface area contributed by atoms with Gasteiger partial charge in [0.25, 0.3) is 5.91 Å². The summed E-state index contributed by atoms with van der Waals surface area (Å²) in [5.41, 5.74) is 0.586. The van der Waals surface area contributed by atoms with E-state index in [0.717, 1.165) is 50.4 Å². The maximum Gasteiger partial charge on any atom is 0.256 e. The third-order valence-electron chi connectivity index (χ3n) is 5.14. The zero-order valence-corrected chi connectivity index (χ0v) is 14.5. The van der Waals surface area contributed by atoms with Crippen molar-refractivity contribution in [2.45, 2.75) is 51.1 Å². The van der Waals surface area contributed by atoms with Crippen LogP contribution in [0.2, 0.25) is 0 Å². The molecule has 7 nitrogen and oxygen atoms in total. The summed E-state index contributed by atoms with van der Waals surface area (Å²) in [4.78, 5) is 19.1. The smallest absolute Gasteiger partial charge is 0.256 e. The predicted octanol–water partition coefficient (Wildman–Crippen LogP) is 2.39. The summed E-state index contributed by atoms with van der Waals surface area (Å²) >= 11 is 0. The van der Waals surface area contributed by atoms with Crippen molar-refractivity contribution >= 4 is 5.91 Å². The third kappa shape index (κ3) is 2.99. The van der Waals surface area contributed by atoms with Crippen molar-refractivity contribution in [1.82, 2.24) is 24.6 Å². The second kappa shape index (κ2) is 6.82. The minimum atomic E-state index is 0.00336. The molecular weight excluding hydrogens is 318 g/mol. The first-order chi connectivity index (χ1) is 12.3. The van der Waals surface area contributed by atoms with Crippen LogP contribution in [0.15, 0.2) is 18.3 Å². The average Bonchev–Trinajstić information content (AvgIpc) is 3.22. The topological polar surface area (TPSA) is 73.1 Å². The molecule has 0 saturated carbocycles. The van der Waals surface area contributed by atoms with Crippen LogP contribution in [0.5, 0.6) is 5.88 Å². The van der Waals surface area contributed by atoms with Gasteiger partial charge in [-0.2, -0.15) is 0 Å². The minimum Gasteiger partial charge on any atom is -0.481 e. The van der Waals surface area contributed by atoms with E-state index in [1.54, 1.807) is 25.4 Å². The van der Waals surface area contributed by atoms with E-state index in [0.29, 0.717) is 11.4 Å². The van der Waals surface area contributed by atoms with Crippen molar-refractivity contribution in [3.8, 4) is 5.88 Å². The highest BCUT2D eigenvalue weighted by atomic mass is 16.5. The number of rotatable bonds is 3. The molecule has 0 unspecified atom stereocenters. The van der Waals surface area contributed by atoms with Gasteiger partial charge < -0.3 is 14.2 Å². The van der Waals surface area contributed by atoms with E-state index < -0.39 is 0 Å². The van der Waals surface area contributed by atoms with Crippen molar-refractivity contribution in [2.75, 3.05) is 13.7 Å². The van der Waals surface area contributed by atoms with Gasteiger partial charge in [-0.3, -0.25) is 4.79 Å². The molecule has 1 fully saturated rings. The molecule has 0 N–H and O–H groups in total. The molecule has 2 aliphatic rings. The van der Waals surface area contributed by atoms with Crippen LogP contribution in [0.3, 0.4) is 0 Å². The number of amides is 1. The molecule has 1 saturated heterocycles. The Bertz CT molecular complexity index is 755. The maximum absolute atomic E-state index is 13.0. The molecule has 1 atom stereocenters. The number of hydrogen-bond donors (Lipinski definition) is 0. The van der Waals surface area contributed by atoms with Gasteiger partial charge in [-0.05, 0) is 31.7 Å². The number of hydrogen-bond acceptors (Lipinski definition) is 5. The Kier molecular flexibility index (Phi) is 4.38. The monoisotopic (exact) mass is 341 g/mol. The molecule has 132 valence electrons. The first kappa shape index (κ1) is 16.1. The van der Waals surface area contributed by atoms with Crippen LogP contribution < -0.4 is 4.74 Å². The Morgan fingerprint density at radius 2 is 2.08 bits per heavy atom. The molecule has 2 aromatic heterocycles. The normalized spacial score (nSPS) is 20.2. The van der Waals surface area contributed by atoms with Gasteiger partial charge in [-0.25, -0.2) is 4.98 Å². The fourth-order valence-corrected chi connectivity index (χ4v) is 3.83. The van der Waals surface area contributed by atoms with Crippen LogP contribution >= 0.6 is 0 Å². The average molecular weight is 341 g/mol. The number of ether oxygens (including phenoxy) is 1. The molecule has 0 radical (unpaired) electrons. The molecule has 7 heteroatoms. The number of carbonyl (C=O) groups excluding carboxylic acids is 1. The van der Waals surface area contributed by atoms with Gasteiger partial charge in [0, 0.05) is 31.8 Å². The summed E-state index contributed by atoms with van der Waals surface area (Å²) in [5, 5.41) is 8.86. The second-order valence-electron chi connectivity index (χ2n) is 6.68. The first-order valence-electron chi connectivity index (χ1n) is 9.01. The second-order valence-corrected chi connectivity index (χ2v) is 6.68. The van der Waals surface area contributed by atoms with E-state index >= 15 is 0 Å². The van der Waals surface area contributed by atoms with Crippen molar-refractivity contribution in [1.29, 1.82) is 0 Å². The molecule has 0 aliphatic carbocycles. The van der Waals surface area contributed by atoms with Crippen molar-refractivity contribution in [2.24, 2.45) is 0 Å². The molecule has 0 aromatic carbocycles. The Morgan fingerprint density at radius 1 is 1.16 bits per heavy atom. The zero-order chi connectivity index (χ0) is 17.2. The summed E-state index contributed by atoms with van der Waals surface area (Å²) in [7, 11) is 1.57. The van der Waals surface area contributed by atoms with Gasteiger partial charge in [0.1, 0.15) is 5.82 Å². The number of methoxy groups -OCH3 is 1. The maximum atomic E-state index is 13.0. The molecule has 2 aromatic rings. The van der Waals surface area contributed by atoms with Crippen LogP contribution in [0, 0.1) is 0 Å². The molecule has 4 heterocycles. The van der Waals surface area contributed by atoms with Crippen LogP contribution in [0.4, 0.5) is 0 Å². The number of pyridine rings is 1. The molecular formula is C18H23N5O2. The Labute approximate surface area is 147 Å². The summed E-state index contributed by atoms with van der Waals surface area (Å²) in [5.74, 6) is 2.53. The number of carbonyl (C=O) groups is 1. The highest BCUT2D eigenvalue weighted by Crippen LogP contribution is 2.33. The largest absolute Gasteiger partial charge is 0.481 e. The minimum absolute atomic E-state index is 0.00336. The van der Waals surface area contributed by atoms with E-state index in [4.69, 9.17) is 4.74 Å². The van der Waals surface area contributed by atoms with Gasteiger partial charge in [-0.15, -0.1) is 10.2 Å². The molecule has 4 rings (SSSR count). The van der Waals surface area contributed by atoms with Crippen LogP contribution in [-0.4, -0.2) is 44.2 Å². The summed E-state index contributed by atoms with van der Waals surface area (Å²) in [6.45, 7) is 1.71. The third-order valence-corrected chi connectivity index (χ3v) is 5.14. The summed E-state index contributed by atoms with van der Waals surface area (Å²) < 4.78 is 7.32. The first-order valence-corrected chi connectivity index (χ1v) is 9.01. The van der Waals surface area contributed by atoms with E-state index in [2.05, 4.69) is 19.7 Å². The highest BCUT2D eigenvalue weighted by molar-refractivity contribution is 5.94. The molecule has 1 amide bonds. The Morgan fingerprint density at radius 3 is 2.88 bits per heavy atom. The number of likely N-dealkylation sites (tertiary alicyclic amines) is 1. The molecule has 2 aliphatic heterocycles. The summed E-state index contributed by atoms with van der Waals surface area (Å²) in [6.07, 6.45) is 8.05. The van der Waals surface area contributed by atoms with Crippen molar-refractivity contribution in [3.63, 3.8) is 0 Å². The predicted molar refractivity (Wildman–Crippen MR) is 91.4 cm³/mol. The van der Waals surface area contributed by atoms with E-state index in [1.807, 2.05) is 4.90 Å². The highest BCUT2D eigenvalue weighted by Gasteiger charge is 2.35. The van der Waals surface area contributed by atoms with Crippen molar-refractivity contribution in [3.05, 3.63) is 35.5 Å². The quantitative estimate of drug-likeness (QED) is 0.857. The zero-order valence-electron chi connectivity index (χ0n) is 14.5. The number of aryl methyl sites for hydroxylation is 1. The Balaban J connectivity index is 1.60. The van der Waals surface area contributed by atoms with Crippen molar-refractivity contribution < 1.29 is 9.53 Å². The standard InChI is InChI=1S/C18H23N5O2/c1-25-16-9-8-13(12-19-16)18(24)22-11-5-6-14(22)17-21-20-15-7-3-2-4-10-23(15)17/h8-9,12,14H,2-7,10-11H2,1H3/t14-/m1/s1. The van der Waals surface area contributed by atoms with E-state index in [1.165, 1.54) is 12.8 Å². The number of nitrogens with zero attached hydrogens (tertiary/aromatic N) is 5. The molecule has 25 heavy (non-hydrogen) atoms. The van der Waals surface area contributed by atoms with Gasteiger partial charge >= 0.3 is 0 Å². The van der Waals surface area contributed by atoms with Gasteiger partial charge in [0.2, 0.25) is 5.88 Å². The van der Waals surface area contributed by atoms with Crippen LogP contribution in [0.1, 0.15) is 60.2 Å².